The molecule has 1 N–H and O–H groups in total. The first-order chi connectivity index (χ1) is 8.90. The third-order valence-corrected chi connectivity index (χ3v) is 2.94. The van der Waals surface area contributed by atoms with Gasteiger partial charge in [0.25, 0.3) is 0 Å². The van der Waals surface area contributed by atoms with E-state index in [9.17, 15) is 4.79 Å². The van der Waals surface area contributed by atoms with Gasteiger partial charge in [0.1, 0.15) is 0 Å². The molecule has 0 aromatic heterocycles. The molecule has 0 spiro atoms. The molecule has 4 nitrogen and oxygen atoms in total. The number of ether oxygens (including phenoxy) is 1. The second-order valence-corrected chi connectivity index (χ2v) is 5.19. The molecule has 0 heterocycles. The molecule has 0 atom stereocenters. The van der Waals surface area contributed by atoms with Crippen LogP contribution in [0.4, 0.5) is 0 Å². The van der Waals surface area contributed by atoms with Gasteiger partial charge in [-0.15, -0.1) is 0 Å². The van der Waals surface area contributed by atoms with Gasteiger partial charge in [0.15, 0.2) is 0 Å². The lowest BCUT2D eigenvalue weighted by molar-refractivity contribution is -0.152. The molecule has 0 saturated carbocycles. The van der Waals surface area contributed by atoms with E-state index in [2.05, 4.69) is 5.16 Å². The van der Waals surface area contributed by atoms with Crippen LogP contribution in [0.3, 0.4) is 0 Å². The van der Waals surface area contributed by atoms with Crippen molar-refractivity contribution in [3.63, 3.8) is 0 Å². The summed E-state index contributed by atoms with van der Waals surface area (Å²) in [5.41, 5.74) is 1.71. The van der Waals surface area contributed by atoms with Crippen LogP contribution in [0.25, 0.3) is 0 Å². The van der Waals surface area contributed by atoms with Gasteiger partial charge in [0.05, 0.1) is 17.7 Å². The van der Waals surface area contributed by atoms with Gasteiger partial charge in [-0.1, -0.05) is 35.0 Å². The monoisotopic (exact) mass is 263 g/mol. The fraction of sp³-hybridized carbons (Fsp3) is 0.467. The Balaban J connectivity index is 2.88. The third kappa shape index (κ3) is 4.09. The summed E-state index contributed by atoms with van der Waals surface area (Å²) in [6, 6.07) is 7.65. The Morgan fingerprint density at radius 1 is 1.32 bits per heavy atom. The van der Waals surface area contributed by atoms with Gasteiger partial charge in [-0.05, 0) is 33.3 Å². The first-order valence-electron chi connectivity index (χ1n) is 6.36. The molecule has 0 aliphatic carbocycles. The van der Waals surface area contributed by atoms with Gasteiger partial charge in [0.2, 0.25) is 0 Å². The average molecular weight is 263 g/mol. The van der Waals surface area contributed by atoms with Gasteiger partial charge in [-0.25, -0.2) is 0 Å². The summed E-state index contributed by atoms with van der Waals surface area (Å²) in [6.45, 7) is 7.67. The van der Waals surface area contributed by atoms with Crippen molar-refractivity contribution in [2.24, 2.45) is 10.6 Å². The van der Waals surface area contributed by atoms with E-state index in [-0.39, 0.29) is 5.97 Å². The van der Waals surface area contributed by atoms with Crippen molar-refractivity contribution in [1.29, 1.82) is 0 Å². The maximum Gasteiger partial charge on any atom is 0.311 e. The van der Waals surface area contributed by atoms with Crippen molar-refractivity contribution < 1.29 is 14.7 Å². The van der Waals surface area contributed by atoms with E-state index in [1.807, 2.05) is 31.2 Å². The summed E-state index contributed by atoms with van der Waals surface area (Å²) in [4.78, 5) is 11.8. The van der Waals surface area contributed by atoms with Crippen LogP contribution in [0.15, 0.2) is 29.4 Å². The number of carbonyl (C=O) groups is 1. The van der Waals surface area contributed by atoms with Crippen molar-refractivity contribution in [1.82, 2.24) is 0 Å². The van der Waals surface area contributed by atoms with Crippen molar-refractivity contribution in [2.45, 2.75) is 34.1 Å². The van der Waals surface area contributed by atoms with Crippen molar-refractivity contribution in [3.8, 4) is 0 Å². The second kappa shape index (κ2) is 6.36. The minimum Gasteiger partial charge on any atom is -0.466 e. The molecule has 0 bridgehead atoms. The van der Waals surface area contributed by atoms with Crippen molar-refractivity contribution >= 4 is 11.7 Å². The van der Waals surface area contributed by atoms with Crippen LogP contribution in [-0.2, 0) is 9.53 Å². The highest BCUT2D eigenvalue weighted by Crippen LogP contribution is 2.25. The van der Waals surface area contributed by atoms with Gasteiger partial charge in [0, 0.05) is 6.42 Å². The lowest BCUT2D eigenvalue weighted by Gasteiger charge is -2.22. The number of hydrogen-bond acceptors (Lipinski definition) is 4. The predicted octanol–water partition coefficient (Wildman–Crippen LogP) is 3.15. The van der Waals surface area contributed by atoms with E-state index in [0.717, 1.165) is 11.1 Å². The smallest absolute Gasteiger partial charge is 0.311 e. The van der Waals surface area contributed by atoms with Crippen LogP contribution in [0.1, 0.15) is 38.3 Å². The maximum absolute atomic E-state index is 11.8. The molecule has 1 rings (SSSR count). The summed E-state index contributed by atoms with van der Waals surface area (Å²) in [5.74, 6) is -0.289. The number of hydrogen-bond donors (Lipinski definition) is 1. The number of esters is 1. The van der Waals surface area contributed by atoms with Gasteiger partial charge >= 0.3 is 5.97 Å². The summed E-state index contributed by atoms with van der Waals surface area (Å²) < 4.78 is 5.03. The lowest BCUT2D eigenvalue weighted by Crippen LogP contribution is -2.29. The molecule has 0 radical (unpaired) electrons. The quantitative estimate of drug-likeness (QED) is 0.384. The molecule has 0 unspecified atom stereocenters. The summed E-state index contributed by atoms with van der Waals surface area (Å²) in [5, 5.41) is 12.5. The summed E-state index contributed by atoms with van der Waals surface area (Å²) in [6.07, 6.45) is 0.325. The zero-order valence-electron chi connectivity index (χ0n) is 11.9. The maximum atomic E-state index is 11.8. The number of rotatable bonds is 5. The number of oxime groups is 1. The highest BCUT2D eigenvalue weighted by Gasteiger charge is 2.31. The Labute approximate surface area is 114 Å². The van der Waals surface area contributed by atoms with Crippen LogP contribution in [-0.4, -0.2) is 23.5 Å². The summed E-state index contributed by atoms with van der Waals surface area (Å²) in [7, 11) is 0. The molecule has 19 heavy (non-hydrogen) atoms. The van der Waals surface area contributed by atoms with Gasteiger partial charge in [-0.3, -0.25) is 4.79 Å². The Kier molecular flexibility index (Phi) is 5.10. The van der Waals surface area contributed by atoms with E-state index in [1.54, 1.807) is 20.8 Å². The second-order valence-electron chi connectivity index (χ2n) is 5.19. The predicted molar refractivity (Wildman–Crippen MR) is 74.5 cm³/mol. The SMILES string of the molecule is CCOC(=O)C(C)(C)C/C(=N/O)c1ccc(C)cc1. The molecule has 0 fully saturated rings. The molecule has 1 aromatic rings. The summed E-state index contributed by atoms with van der Waals surface area (Å²) >= 11 is 0. The number of benzene rings is 1. The topological polar surface area (TPSA) is 58.9 Å². The van der Waals surface area contributed by atoms with E-state index in [4.69, 9.17) is 9.94 Å². The molecular formula is C15H21NO3. The Morgan fingerprint density at radius 2 is 1.89 bits per heavy atom. The zero-order chi connectivity index (χ0) is 14.5. The van der Waals surface area contributed by atoms with E-state index in [0.29, 0.717) is 18.7 Å². The highest BCUT2D eigenvalue weighted by atomic mass is 16.5. The zero-order valence-corrected chi connectivity index (χ0v) is 11.9. The molecule has 0 amide bonds. The first kappa shape index (κ1) is 15.2. The average Bonchev–Trinajstić information content (AvgIpc) is 2.37. The molecule has 104 valence electrons. The van der Waals surface area contributed by atoms with Crippen LogP contribution in [0, 0.1) is 12.3 Å². The van der Waals surface area contributed by atoms with E-state index in [1.165, 1.54) is 0 Å². The molecular weight excluding hydrogens is 242 g/mol. The highest BCUT2D eigenvalue weighted by molar-refractivity contribution is 6.02. The molecule has 4 heteroatoms. The lowest BCUT2D eigenvalue weighted by atomic mass is 9.85. The van der Waals surface area contributed by atoms with Gasteiger partial charge in [-0.2, -0.15) is 0 Å². The minimum atomic E-state index is -0.720. The first-order valence-corrected chi connectivity index (χ1v) is 6.36. The van der Waals surface area contributed by atoms with Crippen LogP contribution < -0.4 is 0 Å². The fourth-order valence-corrected chi connectivity index (χ4v) is 1.76. The van der Waals surface area contributed by atoms with Crippen molar-refractivity contribution in [3.05, 3.63) is 35.4 Å². The van der Waals surface area contributed by atoms with Crippen LogP contribution in [0.2, 0.25) is 0 Å². The van der Waals surface area contributed by atoms with Crippen LogP contribution in [0.5, 0.6) is 0 Å². The van der Waals surface area contributed by atoms with E-state index < -0.39 is 5.41 Å². The fourth-order valence-electron chi connectivity index (χ4n) is 1.76. The number of nitrogens with zero attached hydrogens (tertiary/aromatic N) is 1. The Bertz CT molecular complexity index is 461. The minimum absolute atomic E-state index is 0.289. The van der Waals surface area contributed by atoms with E-state index >= 15 is 0 Å². The number of carbonyl (C=O) groups excluding carboxylic acids is 1. The molecule has 0 aliphatic rings. The Hall–Kier alpha value is -1.84. The van der Waals surface area contributed by atoms with Crippen molar-refractivity contribution in [2.75, 3.05) is 6.61 Å². The standard InChI is InChI=1S/C15H21NO3/c1-5-19-14(17)15(3,4)10-13(16-18)12-8-6-11(2)7-9-12/h6-9,18H,5,10H2,1-4H3/b16-13-. The third-order valence-electron chi connectivity index (χ3n) is 2.94. The number of aryl methyl sites for hydroxylation is 1. The normalized spacial score (nSPS) is 12.3. The Morgan fingerprint density at radius 3 is 2.37 bits per heavy atom. The molecule has 0 saturated heterocycles. The molecule has 0 aliphatic heterocycles. The largest absolute Gasteiger partial charge is 0.466 e. The molecule has 1 aromatic carbocycles. The van der Waals surface area contributed by atoms with Crippen LogP contribution >= 0.6 is 0 Å². The van der Waals surface area contributed by atoms with Gasteiger partial charge < -0.3 is 9.94 Å².